The Morgan fingerprint density at radius 1 is 1.44 bits per heavy atom. The second-order valence-corrected chi connectivity index (χ2v) is 8.03. The molecule has 2 rings (SSSR count). The van der Waals surface area contributed by atoms with E-state index in [0.29, 0.717) is 5.69 Å². The van der Waals surface area contributed by atoms with E-state index < -0.39 is 35.4 Å². The van der Waals surface area contributed by atoms with Gasteiger partial charge in [0.05, 0.1) is 18.3 Å². The number of aromatic nitrogens is 1. The third-order valence-electron chi connectivity index (χ3n) is 4.08. The number of amides is 1. The summed E-state index contributed by atoms with van der Waals surface area (Å²) < 4.78 is 22.2. The van der Waals surface area contributed by atoms with Crippen molar-refractivity contribution in [1.29, 1.82) is 0 Å². The molecule has 0 bridgehead atoms. The quantitative estimate of drug-likeness (QED) is 0.728. The molecule has 0 radical (unpaired) electrons. The number of carbonyl (C=O) groups excluding carboxylic acids is 1. The summed E-state index contributed by atoms with van der Waals surface area (Å²) in [4.78, 5) is 16.5. The number of alkyl carbamates (subject to hydrolysis) is 1. The molecule has 27 heavy (non-hydrogen) atoms. The number of ether oxygens (including phenoxy) is 4. The van der Waals surface area contributed by atoms with E-state index in [1.165, 1.54) is 7.11 Å². The zero-order chi connectivity index (χ0) is 20.3. The monoisotopic (exact) mass is 382 g/mol. The van der Waals surface area contributed by atoms with Crippen molar-refractivity contribution in [3.63, 3.8) is 0 Å². The average molecular weight is 382 g/mol. The fourth-order valence-electron chi connectivity index (χ4n) is 2.83. The highest BCUT2D eigenvalue weighted by molar-refractivity contribution is 5.68. The van der Waals surface area contributed by atoms with Gasteiger partial charge in [-0.2, -0.15) is 0 Å². The Balaban J connectivity index is 2.22. The molecule has 0 aromatic carbocycles. The molecular formula is C19H30N2O6. The van der Waals surface area contributed by atoms with E-state index in [2.05, 4.69) is 10.3 Å². The SMILES string of the molecule is COC(O)(C[C@@H](NC(=O)OC(C)(C)C)[C@H]1COC(C)(C)O1)c1ccccn1. The normalized spacial score (nSPS) is 22.7. The third-order valence-corrected chi connectivity index (χ3v) is 4.08. The zero-order valence-corrected chi connectivity index (χ0v) is 16.8. The predicted octanol–water partition coefficient (Wildman–Crippen LogP) is 2.31. The molecule has 0 aliphatic carbocycles. The summed E-state index contributed by atoms with van der Waals surface area (Å²) in [5, 5.41) is 13.8. The first-order valence-corrected chi connectivity index (χ1v) is 8.94. The summed E-state index contributed by atoms with van der Waals surface area (Å²) in [6.07, 6.45) is 0.468. The van der Waals surface area contributed by atoms with Crippen molar-refractivity contribution < 1.29 is 28.8 Å². The second-order valence-electron chi connectivity index (χ2n) is 8.03. The van der Waals surface area contributed by atoms with Crippen LogP contribution in [0.25, 0.3) is 0 Å². The maximum atomic E-state index is 12.3. The molecule has 152 valence electrons. The summed E-state index contributed by atoms with van der Waals surface area (Å²) >= 11 is 0. The van der Waals surface area contributed by atoms with Gasteiger partial charge in [0.1, 0.15) is 11.7 Å². The fourth-order valence-corrected chi connectivity index (χ4v) is 2.83. The van der Waals surface area contributed by atoms with E-state index in [-0.39, 0.29) is 13.0 Å². The Bertz CT molecular complexity index is 631. The summed E-state index contributed by atoms with van der Waals surface area (Å²) in [5.74, 6) is -2.49. The van der Waals surface area contributed by atoms with Crippen LogP contribution in [0.3, 0.4) is 0 Å². The Hall–Kier alpha value is -1.74. The zero-order valence-electron chi connectivity index (χ0n) is 16.8. The number of hydrogen-bond donors (Lipinski definition) is 2. The molecule has 1 aromatic heterocycles. The first kappa shape index (κ1) is 21.6. The van der Waals surface area contributed by atoms with E-state index >= 15 is 0 Å². The van der Waals surface area contributed by atoms with E-state index in [4.69, 9.17) is 18.9 Å². The molecule has 8 heteroatoms. The molecule has 1 amide bonds. The summed E-state index contributed by atoms with van der Waals surface area (Å²) in [6, 6.07) is 4.52. The van der Waals surface area contributed by atoms with Gasteiger partial charge in [-0.3, -0.25) is 4.98 Å². The number of hydrogen-bond acceptors (Lipinski definition) is 7. The number of nitrogens with one attached hydrogen (secondary N) is 1. The van der Waals surface area contributed by atoms with E-state index in [9.17, 15) is 9.90 Å². The minimum atomic E-state index is -1.71. The van der Waals surface area contributed by atoms with E-state index in [0.717, 1.165) is 0 Å². The molecule has 1 saturated heterocycles. The molecule has 1 aliphatic rings. The van der Waals surface area contributed by atoms with Gasteiger partial charge in [-0.15, -0.1) is 0 Å². The summed E-state index contributed by atoms with van der Waals surface area (Å²) in [5.41, 5.74) is -0.318. The summed E-state index contributed by atoms with van der Waals surface area (Å²) in [7, 11) is 1.38. The molecule has 0 saturated carbocycles. The minimum absolute atomic E-state index is 0.00383. The van der Waals surface area contributed by atoms with Crippen LogP contribution in [-0.4, -0.2) is 53.4 Å². The second kappa shape index (κ2) is 8.10. The Morgan fingerprint density at radius 3 is 2.63 bits per heavy atom. The van der Waals surface area contributed by atoms with E-state index in [1.54, 1.807) is 59.0 Å². The number of pyridine rings is 1. The van der Waals surface area contributed by atoms with Gasteiger partial charge < -0.3 is 29.4 Å². The van der Waals surface area contributed by atoms with Crippen LogP contribution in [-0.2, 0) is 24.7 Å². The number of carbonyl (C=O) groups is 1. The van der Waals surface area contributed by atoms with Crippen LogP contribution in [0, 0.1) is 0 Å². The minimum Gasteiger partial charge on any atom is -0.444 e. The molecule has 8 nitrogen and oxygen atoms in total. The van der Waals surface area contributed by atoms with Gasteiger partial charge in [-0.05, 0) is 46.8 Å². The lowest BCUT2D eigenvalue weighted by Gasteiger charge is -2.33. The smallest absolute Gasteiger partial charge is 0.407 e. The topological polar surface area (TPSA) is 99.1 Å². The fraction of sp³-hybridized carbons (Fsp3) is 0.684. The largest absolute Gasteiger partial charge is 0.444 e. The molecule has 1 aliphatic heterocycles. The number of nitrogens with zero attached hydrogens (tertiary/aromatic N) is 1. The van der Waals surface area contributed by atoms with Gasteiger partial charge in [0.2, 0.25) is 5.79 Å². The van der Waals surface area contributed by atoms with Crippen molar-refractivity contribution in [3.8, 4) is 0 Å². The van der Waals surface area contributed by atoms with Crippen molar-refractivity contribution >= 4 is 6.09 Å². The molecule has 1 fully saturated rings. The highest BCUT2D eigenvalue weighted by atomic mass is 16.7. The van der Waals surface area contributed by atoms with Crippen LogP contribution in [0.4, 0.5) is 4.79 Å². The molecule has 1 unspecified atom stereocenters. The average Bonchev–Trinajstić information content (AvgIpc) is 2.93. The lowest BCUT2D eigenvalue weighted by Crippen LogP contribution is -2.50. The third kappa shape index (κ3) is 6.14. The highest BCUT2D eigenvalue weighted by Gasteiger charge is 2.43. The summed E-state index contributed by atoms with van der Waals surface area (Å²) in [6.45, 7) is 9.17. The Kier molecular flexibility index (Phi) is 6.47. The Morgan fingerprint density at radius 2 is 2.15 bits per heavy atom. The van der Waals surface area contributed by atoms with Crippen LogP contribution in [0.5, 0.6) is 0 Å². The van der Waals surface area contributed by atoms with Crippen LogP contribution in [0.15, 0.2) is 24.4 Å². The van der Waals surface area contributed by atoms with Crippen molar-refractivity contribution in [2.24, 2.45) is 0 Å². The molecule has 3 atom stereocenters. The number of rotatable bonds is 6. The van der Waals surface area contributed by atoms with Gasteiger partial charge in [-0.25, -0.2) is 4.79 Å². The standard InChI is InChI=1S/C19H30N2O6/c1-17(2,3)27-16(22)21-13(14-12-25-18(4,5)26-14)11-19(23,24-6)15-9-7-8-10-20-15/h7-10,13-14,23H,11-12H2,1-6H3,(H,21,22)/t13-,14-,19?/m1/s1. The predicted molar refractivity (Wildman–Crippen MR) is 97.8 cm³/mol. The van der Waals surface area contributed by atoms with Crippen LogP contribution < -0.4 is 5.32 Å². The maximum absolute atomic E-state index is 12.3. The van der Waals surface area contributed by atoms with E-state index in [1.807, 2.05) is 0 Å². The van der Waals surface area contributed by atoms with Crippen molar-refractivity contribution in [1.82, 2.24) is 10.3 Å². The van der Waals surface area contributed by atoms with Crippen LogP contribution >= 0.6 is 0 Å². The molecular weight excluding hydrogens is 352 g/mol. The van der Waals surface area contributed by atoms with Gasteiger partial charge in [0, 0.05) is 19.7 Å². The van der Waals surface area contributed by atoms with Crippen LogP contribution in [0.2, 0.25) is 0 Å². The molecule has 1 aromatic rings. The highest BCUT2D eigenvalue weighted by Crippen LogP contribution is 2.31. The lowest BCUT2D eigenvalue weighted by molar-refractivity contribution is -0.212. The number of methoxy groups -OCH3 is 1. The first-order chi connectivity index (χ1) is 12.4. The van der Waals surface area contributed by atoms with Crippen LogP contribution in [0.1, 0.15) is 46.7 Å². The van der Waals surface area contributed by atoms with Crippen molar-refractivity contribution in [3.05, 3.63) is 30.1 Å². The van der Waals surface area contributed by atoms with Gasteiger partial charge in [0.25, 0.3) is 0 Å². The van der Waals surface area contributed by atoms with Gasteiger partial charge in [-0.1, -0.05) is 6.07 Å². The lowest BCUT2D eigenvalue weighted by atomic mass is 9.98. The van der Waals surface area contributed by atoms with Gasteiger partial charge >= 0.3 is 6.09 Å². The van der Waals surface area contributed by atoms with Crippen molar-refractivity contribution in [2.45, 2.75) is 70.4 Å². The molecule has 2 heterocycles. The Labute approximate surface area is 160 Å². The molecule has 0 spiro atoms. The van der Waals surface area contributed by atoms with Gasteiger partial charge in [0.15, 0.2) is 5.79 Å². The molecule has 2 N–H and O–H groups in total. The first-order valence-electron chi connectivity index (χ1n) is 8.94. The number of aliphatic hydroxyl groups is 1. The van der Waals surface area contributed by atoms with Crippen molar-refractivity contribution in [2.75, 3.05) is 13.7 Å². The maximum Gasteiger partial charge on any atom is 0.407 e.